The van der Waals surface area contributed by atoms with Crippen LogP contribution in [0.3, 0.4) is 0 Å². The van der Waals surface area contributed by atoms with Gasteiger partial charge in [-0.1, -0.05) is 30.3 Å². The fourth-order valence-electron chi connectivity index (χ4n) is 4.85. The summed E-state index contributed by atoms with van der Waals surface area (Å²) in [7, 11) is 0. The Morgan fingerprint density at radius 3 is 2.59 bits per heavy atom. The van der Waals surface area contributed by atoms with Crippen LogP contribution < -0.4 is 0 Å². The number of piperidine rings is 1. The molecule has 2 aliphatic rings. The summed E-state index contributed by atoms with van der Waals surface area (Å²) in [4.78, 5) is 17.3. The maximum Gasteiger partial charge on any atom is 0.223 e. The number of likely N-dealkylation sites (tertiary alicyclic amines) is 2. The summed E-state index contributed by atoms with van der Waals surface area (Å²) >= 11 is 0. The third-order valence-corrected chi connectivity index (χ3v) is 6.84. The van der Waals surface area contributed by atoms with E-state index in [0.717, 1.165) is 48.4 Å². The number of hydrogen-bond donors (Lipinski definition) is 2. The normalized spacial score (nSPS) is 25.5. The van der Waals surface area contributed by atoms with E-state index in [1.165, 1.54) is 0 Å². The number of nitrogens with one attached hydrogen (secondary N) is 1. The number of hydrogen-bond acceptors (Lipinski definition) is 4. The molecule has 6 nitrogen and oxygen atoms in total. The second kappa shape index (κ2) is 8.28. The molecule has 3 heterocycles. The Bertz CT molecular complexity index is 844. The molecule has 1 aromatic carbocycles. The summed E-state index contributed by atoms with van der Waals surface area (Å²) < 4.78 is 0. The van der Waals surface area contributed by atoms with Crippen molar-refractivity contribution in [2.75, 3.05) is 26.2 Å². The Balaban J connectivity index is 1.48. The van der Waals surface area contributed by atoms with E-state index in [1.54, 1.807) is 0 Å². The third-order valence-electron chi connectivity index (χ3n) is 6.84. The molecule has 1 aromatic heterocycles. The minimum absolute atomic E-state index is 0.0561. The highest BCUT2D eigenvalue weighted by molar-refractivity contribution is 5.76. The second-order valence-electron chi connectivity index (χ2n) is 8.56. The van der Waals surface area contributed by atoms with E-state index >= 15 is 0 Å². The largest absolute Gasteiger partial charge is 0.383 e. The van der Waals surface area contributed by atoms with Gasteiger partial charge in [-0.3, -0.25) is 14.8 Å². The van der Waals surface area contributed by atoms with Gasteiger partial charge < -0.3 is 10.0 Å². The molecule has 6 heteroatoms. The SMILES string of the molecule is Cc1[nH]nc(CCC(=O)N2CC[C@](O)(c3ccccc3)[C@H](N3CCCC3)C2)c1C. The average Bonchev–Trinajstić information content (AvgIpc) is 3.38. The van der Waals surface area contributed by atoms with Gasteiger partial charge in [0.1, 0.15) is 5.60 Å². The number of amides is 1. The number of benzene rings is 1. The second-order valence-corrected chi connectivity index (χ2v) is 8.56. The molecule has 2 aromatic rings. The number of H-pyrrole nitrogens is 1. The summed E-state index contributed by atoms with van der Waals surface area (Å²) in [5, 5.41) is 19.0. The van der Waals surface area contributed by atoms with Crippen molar-refractivity contribution in [2.24, 2.45) is 0 Å². The molecule has 0 radical (unpaired) electrons. The predicted molar refractivity (Wildman–Crippen MR) is 113 cm³/mol. The molecule has 1 amide bonds. The van der Waals surface area contributed by atoms with E-state index in [-0.39, 0.29) is 11.9 Å². The molecular weight excluding hydrogens is 364 g/mol. The lowest BCUT2D eigenvalue weighted by atomic mass is 9.79. The molecule has 29 heavy (non-hydrogen) atoms. The van der Waals surface area contributed by atoms with E-state index in [2.05, 4.69) is 15.1 Å². The van der Waals surface area contributed by atoms with Crippen LogP contribution in [0.15, 0.2) is 30.3 Å². The van der Waals surface area contributed by atoms with E-state index in [0.29, 0.717) is 32.4 Å². The minimum atomic E-state index is -0.904. The Kier molecular flexibility index (Phi) is 5.74. The van der Waals surface area contributed by atoms with Crippen LogP contribution in [0.5, 0.6) is 0 Å². The molecule has 4 rings (SSSR count). The first-order chi connectivity index (χ1) is 14.0. The molecule has 2 saturated heterocycles. The molecule has 0 spiro atoms. The molecule has 0 aliphatic carbocycles. The smallest absolute Gasteiger partial charge is 0.223 e. The molecule has 2 fully saturated rings. The van der Waals surface area contributed by atoms with Crippen LogP contribution in [-0.2, 0) is 16.8 Å². The zero-order valence-electron chi connectivity index (χ0n) is 17.5. The van der Waals surface area contributed by atoms with Gasteiger partial charge in [0, 0.05) is 31.6 Å². The zero-order chi connectivity index (χ0) is 20.4. The molecule has 0 bridgehead atoms. The van der Waals surface area contributed by atoms with Gasteiger partial charge in [-0.25, -0.2) is 0 Å². The number of rotatable bonds is 5. The fraction of sp³-hybridized carbons (Fsp3) is 0.565. The first kappa shape index (κ1) is 20.1. The Hall–Kier alpha value is -2.18. The number of aromatic nitrogens is 2. The molecule has 0 unspecified atom stereocenters. The Labute approximate surface area is 172 Å². The highest BCUT2D eigenvalue weighted by Gasteiger charge is 2.47. The van der Waals surface area contributed by atoms with Crippen LogP contribution >= 0.6 is 0 Å². The molecule has 156 valence electrons. The van der Waals surface area contributed by atoms with Crippen molar-refractivity contribution in [1.82, 2.24) is 20.0 Å². The van der Waals surface area contributed by atoms with Crippen molar-refractivity contribution in [1.29, 1.82) is 0 Å². The molecule has 2 N–H and O–H groups in total. The summed E-state index contributed by atoms with van der Waals surface area (Å²) in [5.74, 6) is 0.157. The number of carbonyl (C=O) groups excluding carboxylic acids is 1. The van der Waals surface area contributed by atoms with E-state index < -0.39 is 5.60 Å². The quantitative estimate of drug-likeness (QED) is 0.815. The third kappa shape index (κ3) is 3.96. The van der Waals surface area contributed by atoms with Crippen molar-refractivity contribution in [2.45, 2.75) is 57.6 Å². The van der Waals surface area contributed by atoms with Crippen LogP contribution in [0.2, 0.25) is 0 Å². The number of aryl methyl sites for hydroxylation is 2. The molecule has 2 atom stereocenters. The van der Waals surface area contributed by atoms with Gasteiger partial charge in [0.2, 0.25) is 5.91 Å². The van der Waals surface area contributed by atoms with Crippen LogP contribution in [-0.4, -0.2) is 63.2 Å². The van der Waals surface area contributed by atoms with Crippen molar-refractivity contribution in [3.05, 3.63) is 52.8 Å². The van der Waals surface area contributed by atoms with Gasteiger partial charge in [0.15, 0.2) is 0 Å². The number of aliphatic hydroxyl groups is 1. The van der Waals surface area contributed by atoms with E-state index in [9.17, 15) is 9.90 Å². The summed E-state index contributed by atoms with van der Waals surface area (Å²) in [6.07, 6.45) is 4.01. The predicted octanol–water partition coefficient (Wildman–Crippen LogP) is 2.54. The van der Waals surface area contributed by atoms with Gasteiger partial charge in [-0.2, -0.15) is 5.10 Å². The van der Waals surface area contributed by atoms with Gasteiger partial charge in [-0.15, -0.1) is 0 Å². The van der Waals surface area contributed by atoms with Gasteiger partial charge in [-0.05, 0) is 57.3 Å². The van der Waals surface area contributed by atoms with Crippen LogP contribution in [0.4, 0.5) is 0 Å². The number of nitrogens with zero attached hydrogens (tertiary/aromatic N) is 3. The Morgan fingerprint density at radius 2 is 1.93 bits per heavy atom. The summed E-state index contributed by atoms with van der Waals surface area (Å²) in [6.45, 7) is 7.21. The van der Waals surface area contributed by atoms with Gasteiger partial charge >= 0.3 is 0 Å². The molecule has 2 aliphatic heterocycles. The van der Waals surface area contributed by atoms with Gasteiger partial charge in [0.25, 0.3) is 0 Å². The topological polar surface area (TPSA) is 72.5 Å². The lowest BCUT2D eigenvalue weighted by molar-refractivity contribution is -0.143. The van der Waals surface area contributed by atoms with Gasteiger partial charge in [0.05, 0.1) is 11.7 Å². The first-order valence-corrected chi connectivity index (χ1v) is 10.8. The summed E-state index contributed by atoms with van der Waals surface area (Å²) in [5.41, 5.74) is 3.24. The summed E-state index contributed by atoms with van der Waals surface area (Å²) in [6, 6.07) is 9.93. The highest BCUT2D eigenvalue weighted by Crippen LogP contribution is 2.37. The van der Waals surface area contributed by atoms with Crippen molar-refractivity contribution in [3.8, 4) is 0 Å². The molecular formula is C23H32N4O2. The van der Waals surface area contributed by atoms with Crippen molar-refractivity contribution < 1.29 is 9.90 Å². The minimum Gasteiger partial charge on any atom is -0.383 e. The monoisotopic (exact) mass is 396 g/mol. The van der Waals surface area contributed by atoms with Crippen molar-refractivity contribution in [3.63, 3.8) is 0 Å². The van der Waals surface area contributed by atoms with Crippen LogP contribution in [0, 0.1) is 13.8 Å². The number of aromatic amines is 1. The highest BCUT2D eigenvalue weighted by atomic mass is 16.3. The Morgan fingerprint density at radius 1 is 1.21 bits per heavy atom. The average molecular weight is 397 g/mol. The molecule has 0 saturated carbocycles. The van der Waals surface area contributed by atoms with E-state index in [1.807, 2.05) is 49.1 Å². The maximum absolute atomic E-state index is 13.0. The van der Waals surface area contributed by atoms with E-state index in [4.69, 9.17) is 0 Å². The number of carbonyl (C=O) groups is 1. The van der Waals surface area contributed by atoms with Crippen molar-refractivity contribution >= 4 is 5.91 Å². The lowest BCUT2D eigenvalue weighted by Crippen LogP contribution is -2.61. The fourth-order valence-corrected chi connectivity index (χ4v) is 4.85. The first-order valence-electron chi connectivity index (χ1n) is 10.8. The van der Waals surface area contributed by atoms with Crippen LogP contribution in [0.25, 0.3) is 0 Å². The maximum atomic E-state index is 13.0. The zero-order valence-corrected chi connectivity index (χ0v) is 17.5. The lowest BCUT2D eigenvalue weighted by Gasteiger charge is -2.48. The van der Waals surface area contributed by atoms with Crippen LogP contribution in [0.1, 0.15) is 48.2 Å². The standard InChI is InChI=1S/C23H32N4O2/c1-17-18(2)24-25-20(17)10-11-22(28)27-15-12-23(29,19-8-4-3-5-9-19)21(16-27)26-13-6-7-14-26/h3-5,8-9,21,29H,6-7,10-16H2,1-2H3,(H,24,25)/t21-,23+/m1/s1.